The first-order valence-corrected chi connectivity index (χ1v) is 6.02. The van der Waals surface area contributed by atoms with E-state index in [4.69, 9.17) is 16.7 Å². The van der Waals surface area contributed by atoms with Gasteiger partial charge in [0.05, 0.1) is 0 Å². The first-order valence-electron chi connectivity index (χ1n) is 5.64. The van der Waals surface area contributed by atoms with Gasteiger partial charge in [-0.3, -0.25) is 4.79 Å². The molecule has 1 N–H and O–H groups in total. The highest BCUT2D eigenvalue weighted by Gasteiger charge is 2.26. The van der Waals surface area contributed by atoms with Crippen molar-refractivity contribution in [2.45, 2.75) is 26.3 Å². The van der Waals surface area contributed by atoms with Gasteiger partial charge in [0, 0.05) is 17.6 Å². The Balaban J connectivity index is 3.06. The minimum absolute atomic E-state index is 0.329. The predicted molar refractivity (Wildman–Crippen MR) is 70.0 cm³/mol. The molecule has 98 valence electrons. The Hall–Kier alpha value is -1.55. The monoisotopic (exact) mass is 269 g/mol. The van der Waals surface area contributed by atoms with Crippen LogP contribution in [0.2, 0.25) is 5.02 Å². The fraction of sp³-hybridized carbons (Fsp3) is 0.385. The molecule has 0 saturated heterocycles. The lowest BCUT2D eigenvalue weighted by molar-refractivity contribution is -0.142. The van der Waals surface area contributed by atoms with Crippen LogP contribution in [-0.4, -0.2) is 35.0 Å². The van der Waals surface area contributed by atoms with E-state index in [9.17, 15) is 9.59 Å². The van der Waals surface area contributed by atoms with Crippen LogP contribution in [0.1, 0.15) is 29.3 Å². The lowest BCUT2D eigenvalue weighted by Crippen LogP contribution is -2.42. The summed E-state index contributed by atoms with van der Waals surface area (Å²) in [7, 11) is 1.49. The second-order valence-electron chi connectivity index (χ2n) is 4.14. The highest BCUT2D eigenvalue weighted by Crippen LogP contribution is 2.18. The molecule has 0 aliphatic carbocycles. The molecule has 1 aromatic rings. The number of amides is 1. The molecule has 1 amide bonds. The lowest BCUT2D eigenvalue weighted by atomic mass is 10.1. The van der Waals surface area contributed by atoms with Gasteiger partial charge in [-0.25, -0.2) is 4.79 Å². The molecular weight excluding hydrogens is 254 g/mol. The van der Waals surface area contributed by atoms with Gasteiger partial charge in [-0.15, -0.1) is 0 Å². The van der Waals surface area contributed by atoms with Crippen LogP contribution < -0.4 is 0 Å². The number of rotatable bonds is 4. The van der Waals surface area contributed by atoms with Crippen molar-refractivity contribution in [2.75, 3.05) is 7.05 Å². The molecule has 5 heteroatoms. The van der Waals surface area contributed by atoms with Crippen LogP contribution in [0.4, 0.5) is 0 Å². The summed E-state index contributed by atoms with van der Waals surface area (Å²) in [5.74, 6) is -1.34. The normalized spacial score (nSPS) is 12.0. The molecule has 0 fully saturated rings. The zero-order valence-electron chi connectivity index (χ0n) is 10.6. The van der Waals surface area contributed by atoms with Crippen molar-refractivity contribution >= 4 is 23.5 Å². The Kier molecular flexibility index (Phi) is 4.73. The quantitative estimate of drug-likeness (QED) is 0.914. The summed E-state index contributed by atoms with van der Waals surface area (Å²) < 4.78 is 0. The second-order valence-corrected chi connectivity index (χ2v) is 4.57. The Morgan fingerprint density at radius 3 is 2.56 bits per heavy atom. The average Bonchev–Trinajstić information content (AvgIpc) is 2.31. The number of aliphatic carboxylic acids is 1. The van der Waals surface area contributed by atoms with Crippen LogP contribution in [-0.2, 0) is 4.79 Å². The van der Waals surface area contributed by atoms with Crippen molar-refractivity contribution in [3.05, 3.63) is 34.3 Å². The van der Waals surface area contributed by atoms with E-state index in [1.165, 1.54) is 11.9 Å². The summed E-state index contributed by atoms with van der Waals surface area (Å²) in [5.41, 5.74) is 1.21. The molecule has 1 unspecified atom stereocenters. The largest absolute Gasteiger partial charge is 0.480 e. The fourth-order valence-corrected chi connectivity index (χ4v) is 1.94. The van der Waals surface area contributed by atoms with Crippen molar-refractivity contribution in [3.63, 3.8) is 0 Å². The summed E-state index contributed by atoms with van der Waals surface area (Å²) in [5, 5.41) is 9.50. The van der Waals surface area contributed by atoms with Crippen molar-refractivity contribution in [1.82, 2.24) is 4.90 Å². The summed E-state index contributed by atoms with van der Waals surface area (Å²) in [4.78, 5) is 24.5. The molecule has 0 spiro atoms. The van der Waals surface area contributed by atoms with E-state index in [-0.39, 0.29) is 5.91 Å². The standard InChI is InChI=1S/C13H16ClNO3/c1-4-11(13(17)18)15(3)12(16)10-7-9(14)6-5-8(10)2/h5-7,11H,4H2,1-3H3,(H,17,18). The first kappa shape index (κ1) is 14.5. The molecule has 0 bridgehead atoms. The van der Waals surface area contributed by atoms with E-state index >= 15 is 0 Å². The average molecular weight is 270 g/mol. The van der Waals surface area contributed by atoms with Crippen LogP contribution in [0, 0.1) is 6.92 Å². The highest BCUT2D eigenvalue weighted by molar-refractivity contribution is 6.31. The zero-order valence-corrected chi connectivity index (χ0v) is 11.4. The predicted octanol–water partition coefficient (Wildman–Crippen LogP) is 2.58. The van der Waals surface area contributed by atoms with Gasteiger partial charge < -0.3 is 10.0 Å². The molecule has 0 aliphatic heterocycles. The number of carboxylic acid groups (broad SMARTS) is 1. The van der Waals surface area contributed by atoms with E-state index in [0.29, 0.717) is 17.0 Å². The summed E-state index contributed by atoms with van der Waals surface area (Å²) in [6.07, 6.45) is 0.358. The number of benzene rings is 1. The Morgan fingerprint density at radius 2 is 2.06 bits per heavy atom. The number of aryl methyl sites for hydroxylation is 1. The molecule has 1 atom stereocenters. The molecule has 0 aromatic heterocycles. The van der Waals surface area contributed by atoms with Crippen molar-refractivity contribution < 1.29 is 14.7 Å². The Morgan fingerprint density at radius 1 is 1.44 bits per heavy atom. The smallest absolute Gasteiger partial charge is 0.326 e. The number of carboxylic acids is 1. The maximum Gasteiger partial charge on any atom is 0.326 e. The van der Waals surface area contributed by atoms with Crippen molar-refractivity contribution in [3.8, 4) is 0 Å². The van der Waals surface area contributed by atoms with E-state index < -0.39 is 12.0 Å². The number of hydrogen-bond donors (Lipinski definition) is 1. The maximum absolute atomic E-state index is 12.2. The molecule has 18 heavy (non-hydrogen) atoms. The molecule has 1 aromatic carbocycles. The number of hydrogen-bond acceptors (Lipinski definition) is 2. The van der Waals surface area contributed by atoms with Crippen LogP contribution in [0.5, 0.6) is 0 Å². The molecule has 1 rings (SSSR count). The van der Waals surface area contributed by atoms with E-state index in [1.807, 2.05) is 0 Å². The minimum atomic E-state index is -1.01. The van der Waals surface area contributed by atoms with Crippen LogP contribution >= 0.6 is 11.6 Å². The first-order chi connectivity index (χ1) is 8.38. The SMILES string of the molecule is CCC(C(=O)O)N(C)C(=O)c1cc(Cl)ccc1C. The van der Waals surface area contributed by atoms with Gasteiger partial charge in [0.2, 0.25) is 0 Å². The van der Waals surface area contributed by atoms with Crippen LogP contribution in [0.25, 0.3) is 0 Å². The maximum atomic E-state index is 12.2. The zero-order chi connectivity index (χ0) is 13.9. The van der Waals surface area contributed by atoms with Gasteiger partial charge in [-0.05, 0) is 31.0 Å². The van der Waals surface area contributed by atoms with Crippen LogP contribution in [0.3, 0.4) is 0 Å². The number of likely N-dealkylation sites (N-methyl/N-ethyl adjacent to an activating group) is 1. The molecule has 0 aliphatic rings. The van der Waals surface area contributed by atoms with Gasteiger partial charge in [-0.2, -0.15) is 0 Å². The topological polar surface area (TPSA) is 57.6 Å². The second kappa shape index (κ2) is 5.87. The molecular formula is C13H16ClNO3. The number of carbonyl (C=O) groups excluding carboxylic acids is 1. The number of carbonyl (C=O) groups is 2. The van der Waals surface area contributed by atoms with Crippen molar-refractivity contribution in [1.29, 1.82) is 0 Å². The molecule has 0 heterocycles. The van der Waals surface area contributed by atoms with Gasteiger partial charge in [0.25, 0.3) is 5.91 Å². The third-order valence-corrected chi connectivity index (χ3v) is 3.12. The van der Waals surface area contributed by atoms with E-state index in [0.717, 1.165) is 5.56 Å². The molecule has 0 saturated carbocycles. The number of nitrogens with zero attached hydrogens (tertiary/aromatic N) is 1. The lowest BCUT2D eigenvalue weighted by Gasteiger charge is -2.24. The van der Waals surface area contributed by atoms with Gasteiger partial charge in [0.15, 0.2) is 0 Å². The van der Waals surface area contributed by atoms with Gasteiger partial charge >= 0.3 is 5.97 Å². The van der Waals surface area contributed by atoms with Crippen LogP contribution in [0.15, 0.2) is 18.2 Å². The van der Waals surface area contributed by atoms with Gasteiger partial charge in [-0.1, -0.05) is 24.6 Å². The third-order valence-electron chi connectivity index (χ3n) is 2.89. The summed E-state index contributed by atoms with van der Waals surface area (Å²) in [6, 6.07) is 4.17. The third kappa shape index (κ3) is 3.01. The van der Waals surface area contributed by atoms with E-state index in [2.05, 4.69) is 0 Å². The Labute approximate surface area is 111 Å². The van der Waals surface area contributed by atoms with Gasteiger partial charge in [0.1, 0.15) is 6.04 Å². The molecule has 0 radical (unpaired) electrons. The fourth-order valence-electron chi connectivity index (χ4n) is 1.77. The van der Waals surface area contributed by atoms with E-state index in [1.54, 1.807) is 32.0 Å². The summed E-state index contributed by atoms with van der Waals surface area (Å²) >= 11 is 5.85. The Bertz CT molecular complexity index is 473. The highest BCUT2D eigenvalue weighted by atomic mass is 35.5. The van der Waals surface area contributed by atoms with Crippen molar-refractivity contribution in [2.24, 2.45) is 0 Å². The number of halogens is 1. The minimum Gasteiger partial charge on any atom is -0.480 e. The summed E-state index contributed by atoms with van der Waals surface area (Å²) in [6.45, 7) is 3.52. The molecule has 4 nitrogen and oxygen atoms in total.